The molecule has 0 aliphatic carbocycles. The zero-order valence-electron chi connectivity index (χ0n) is 12.2. The molecule has 0 bridgehead atoms. The van der Waals surface area contributed by atoms with E-state index in [2.05, 4.69) is 10.4 Å². The highest BCUT2D eigenvalue weighted by Gasteiger charge is 2.00. The molecule has 21 heavy (non-hydrogen) atoms. The van der Waals surface area contributed by atoms with Crippen molar-refractivity contribution in [3.63, 3.8) is 0 Å². The number of anilines is 1. The number of rotatable bonds is 9. The summed E-state index contributed by atoms with van der Waals surface area (Å²) in [6, 6.07) is 7.93. The van der Waals surface area contributed by atoms with Crippen LogP contribution in [0.4, 0.5) is 5.69 Å². The fourth-order valence-corrected chi connectivity index (χ4v) is 1.87. The molecule has 0 fully saturated rings. The van der Waals surface area contributed by atoms with E-state index in [1.165, 1.54) is 0 Å². The fraction of sp³-hybridized carbons (Fsp3) is 0.400. The normalized spacial score (nSPS) is 10.6. The zero-order chi connectivity index (χ0) is 14.9. The lowest BCUT2D eigenvalue weighted by atomic mass is 10.2. The molecule has 0 atom stereocenters. The van der Waals surface area contributed by atoms with Gasteiger partial charge in [-0.25, -0.2) is 0 Å². The van der Waals surface area contributed by atoms with Crippen molar-refractivity contribution in [2.45, 2.75) is 13.1 Å². The molecule has 0 saturated heterocycles. The number of aromatic nitrogens is 2. The molecule has 0 spiro atoms. The standard InChI is InChI=1S/C15H21N3O3/c1-20-7-8-21-15-4-2-3-13(9-15)10-16-14-11-17-18(12-14)5-6-19/h2-4,9,11-12,16,19H,5-8,10H2,1H3. The summed E-state index contributed by atoms with van der Waals surface area (Å²) < 4.78 is 12.2. The van der Waals surface area contributed by atoms with E-state index >= 15 is 0 Å². The molecule has 2 rings (SSSR count). The third-order valence-corrected chi connectivity index (χ3v) is 2.91. The Balaban J connectivity index is 1.85. The Morgan fingerprint density at radius 3 is 3.05 bits per heavy atom. The third-order valence-electron chi connectivity index (χ3n) is 2.91. The smallest absolute Gasteiger partial charge is 0.119 e. The number of nitrogens with zero attached hydrogens (tertiary/aromatic N) is 2. The lowest BCUT2D eigenvalue weighted by Gasteiger charge is -2.08. The van der Waals surface area contributed by atoms with Crippen molar-refractivity contribution in [3.05, 3.63) is 42.2 Å². The number of aliphatic hydroxyl groups excluding tert-OH is 1. The summed E-state index contributed by atoms with van der Waals surface area (Å²) in [7, 11) is 1.65. The second-order valence-corrected chi connectivity index (χ2v) is 4.56. The number of hydrogen-bond donors (Lipinski definition) is 2. The van der Waals surface area contributed by atoms with Crippen LogP contribution in [0.15, 0.2) is 36.7 Å². The maximum atomic E-state index is 8.85. The molecular formula is C15H21N3O3. The number of methoxy groups -OCH3 is 1. The first-order chi connectivity index (χ1) is 10.3. The molecule has 2 N–H and O–H groups in total. The van der Waals surface area contributed by atoms with E-state index in [0.29, 0.717) is 26.3 Å². The Kier molecular flexibility index (Phi) is 6.05. The van der Waals surface area contributed by atoms with Gasteiger partial charge in [0.15, 0.2) is 0 Å². The van der Waals surface area contributed by atoms with Gasteiger partial charge in [0.05, 0.1) is 31.6 Å². The number of benzene rings is 1. The Hall–Kier alpha value is -2.05. The van der Waals surface area contributed by atoms with Gasteiger partial charge in [0.1, 0.15) is 12.4 Å². The minimum absolute atomic E-state index is 0.0853. The quantitative estimate of drug-likeness (QED) is 0.686. The molecule has 0 amide bonds. The van der Waals surface area contributed by atoms with Crippen LogP contribution in [0, 0.1) is 0 Å². The predicted molar refractivity (Wildman–Crippen MR) is 80.5 cm³/mol. The molecule has 1 aromatic heterocycles. The van der Waals surface area contributed by atoms with Crippen LogP contribution in [0.25, 0.3) is 0 Å². The van der Waals surface area contributed by atoms with Crippen LogP contribution in [0.3, 0.4) is 0 Å². The fourth-order valence-electron chi connectivity index (χ4n) is 1.87. The Morgan fingerprint density at radius 2 is 2.24 bits per heavy atom. The van der Waals surface area contributed by atoms with E-state index in [4.69, 9.17) is 14.6 Å². The molecule has 6 heteroatoms. The van der Waals surface area contributed by atoms with Gasteiger partial charge in [-0.15, -0.1) is 0 Å². The number of aliphatic hydroxyl groups is 1. The molecule has 1 aromatic carbocycles. The monoisotopic (exact) mass is 291 g/mol. The SMILES string of the molecule is COCCOc1cccc(CNc2cnn(CCO)c2)c1. The van der Waals surface area contributed by atoms with Crippen LogP contribution in [-0.4, -0.2) is 41.8 Å². The maximum absolute atomic E-state index is 8.85. The first-order valence-electron chi connectivity index (χ1n) is 6.89. The summed E-state index contributed by atoms with van der Waals surface area (Å²) in [5.41, 5.74) is 2.05. The maximum Gasteiger partial charge on any atom is 0.119 e. The van der Waals surface area contributed by atoms with Crippen LogP contribution >= 0.6 is 0 Å². The lowest BCUT2D eigenvalue weighted by Crippen LogP contribution is -2.05. The second-order valence-electron chi connectivity index (χ2n) is 4.56. The summed E-state index contributed by atoms with van der Waals surface area (Å²) >= 11 is 0. The van der Waals surface area contributed by atoms with Crippen LogP contribution < -0.4 is 10.1 Å². The van der Waals surface area contributed by atoms with Gasteiger partial charge >= 0.3 is 0 Å². The van der Waals surface area contributed by atoms with Gasteiger partial charge in [0, 0.05) is 19.9 Å². The average Bonchev–Trinajstić information content (AvgIpc) is 2.94. The summed E-state index contributed by atoms with van der Waals surface area (Å²) in [5.74, 6) is 0.835. The summed E-state index contributed by atoms with van der Waals surface area (Å²) in [4.78, 5) is 0. The molecule has 1 heterocycles. The Labute approximate surface area is 124 Å². The average molecular weight is 291 g/mol. The van der Waals surface area contributed by atoms with Crippen LogP contribution in [0.1, 0.15) is 5.56 Å². The van der Waals surface area contributed by atoms with Crippen LogP contribution in [-0.2, 0) is 17.8 Å². The van der Waals surface area contributed by atoms with Crippen molar-refractivity contribution in [1.82, 2.24) is 9.78 Å². The van der Waals surface area contributed by atoms with E-state index in [0.717, 1.165) is 17.0 Å². The molecule has 0 radical (unpaired) electrons. The zero-order valence-corrected chi connectivity index (χ0v) is 12.2. The molecule has 0 saturated carbocycles. The Bertz CT molecular complexity index is 542. The minimum Gasteiger partial charge on any atom is -0.491 e. The van der Waals surface area contributed by atoms with Gasteiger partial charge < -0.3 is 19.9 Å². The van der Waals surface area contributed by atoms with Crippen molar-refractivity contribution in [2.75, 3.05) is 32.2 Å². The molecule has 114 valence electrons. The van der Waals surface area contributed by atoms with E-state index in [-0.39, 0.29) is 6.61 Å². The van der Waals surface area contributed by atoms with Crippen molar-refractivity contribution >= 4 is 5.69 Å². The molecule has 2 aromatic rings. The van der Waals surface area contributed by atoms with Gasteiger partial charge in [-0.05, 0) is 17.7 Å². The second kappa shape index (κ2) is 8.28. The van der Waals surface area contributed by atoms with Crippen molar-refractivity contribution in [3.8, 4) is 5.75 Å². The van der Waals surface area contributed by atoms with E-state index in [1.54, 1.807) is 18.0 Å². The molecule has 0 unspecified atom stereocenters. The van der Waals surface area contributed by atoms with Gasteiger partial charge in [-0.2, -0.15) is 5.10 Å². The third kappa shape index (κ3) is 5.09. The first-order valence-corrected chi connectivity index (χ1v) is 6.89. The van der Waals surface area contributed by atoms with Crippen molar-refractivity contribution in [2.24, 2.45) is 0 Å². The topological polar surface area (TPSA) is 68.5 Å². The molecule has 0 aliphatic heterocycles. The van der Waals surface area contributed by atoms with Crippen LogP contribution in [0.5, 0.6) is 5.75 Å². The summed E-state index contributed by atoms with van der Waals surface area (Å²) in [6.45, 7) is 2.40. The van der Waals surface area contributed by atoms with Gasteiger partial charge in [-0.1, -0.05) is 12.1 Å². The van der Waals surface area contributed by atoms with E-state index in [9.17, 15) is 0 Å². The predicted octanol–water partition coefficient (Wildman–Crippen LogP) is 1.51. The number of nitrogens with one attached hydrogen (secondary N) is 1. The van der Waals surface area contributed by atoms with Gasteiger partial charge in [0.2, 0.25) is 0 Å². The summed E-state index contributed by atoms with van der Waals surface area (Å²) in [6.07, 6.45) is 3.61. The van der Waals surface area contributed by atoms with Gasteiger partial charge in [-0.3, -0.25) is 4.68 Å². The molecule has 6 nitrogen and oxygen atoms in total. The van der Waals surface area contributed by atoms with Crippen molar-refractivity contribution in [1.29, 1.82) is 0 Å². The highest BCUT2D eigenvalue weighted by atomic mass is 16.5. The van der Waals surface area contributed by atoms with Crippen molar-refractivity contribution < 1.29 is 14.6 Å². The highest BCUT2D eigenvalue weighted by molar-refractivity contribution is 5.40. The number of ether oxygens (including phenoxy) is 2. The highest BCUT2D eigenvalue weighted by Crippen LogP contribution is 2.15. The van der Waals surface area contributed by atoms with Gasteiger partial charge in [0.25, 0.3) is 0 Å². The van der Waals surface area contributed by atoms with Crippen LogP contribution in [0.2, 0.25) is 0 Å². The van der Waals surface area contributed by atoms with E-state index in [1.807, 2.05) is 30.5 Å². The van der Waals surface area contributed by atoms with E-state index < -0.39 is 0 Å². The number of hydrogen-bond acceptors (Lipinski definition) is 5. The molecule has 0 aliphatic rings. The Morgan fingerprint density at radius 1 is 1.33 bits per heavy atom. The lowest BCUT2D eigenvalue weighted by molar-refractivity contribution is 0.146. The summed E-state index contributed by atoms with van der Waals surface area (Å²) in [5, 5.41) is 16.3. The molecular weight excluding hydrogens is 270 g/mol. The largest absolute Gasteiger partial charge is 0.491 e. The minimum atomic E-state index is 0.0853. The first kappa shape index (κ1) is 15.3.